The zero-order valence-electron chi connectivity index (χ0n) is 16.3. The van der Waals surface area contributed by atoms with Gasteiger partial charge in [0.2, 0.25) is 0 Å². The zero-order valence-corrected chi connectivity index (χ0v) is 17.0. The van der Waals surface area contributed by atoms with Gasteiger partial charge in [0.25, 0.3) is 5.91 Å². The number of amides is 1. The van der Waals surface area contributed by atoms with E-state index in [4.69, 9.17) is 11.6 Å². The predicted molar refractivity (Wildman–Crippen MR) is 113 cm³/mol. The van der Waals surface area contributed by atoms with Crippen LogP contribution in [0.15, 0.2) is 48.5 Å². The standard InChI is InChI=1S/C22H28ClN3O/c1-16-14-26(15-17(2)25(16)3)21-7-5-4-6-18(21)12-13-24-22(27)19-8-10-20(23)11-9-19/h4-11,16-17H,12-15H2,1-3H3,(H,24,27). The Balaban J connectivity index is 1.63. The number of benzene rings is 2. The van der Waals surface area contributed by atoms with Crippen LogP contribution in [0.5, 0.6) is 0 Å². The molecule has 144 valence electrons. The third-order valence-electron chi connectivity index (χ3n) is 5.48. The summed E-state index contributed by atoms with van der Waals surface area (Å²) in [5.41, 5.74) is 3.19. The molecule has 0 radical (unpaired) electrons. The molecule has 1 fully saturated rings. The van der Waals surface area contributed by atoms with Gasteiger partial charge in [0, 0.05) is 48.0 Å². The Kier molecular flexibility index (Phi) is 6.40. The molecule has 27 heavy (non-hydrogen) atoms. The van der Waals surface area contributed by atoms with Crippen LogP contribution < -0.4 is 10.2 Å². The summed E-state index contributed by atoms with van der Waals surface area (Å²) in [6, 6.07) is 16.5. The number of hydrogen-bond acceptors (Lipinski definition) is 3. The van der Waals surface area contributed by atoms with Crippen molar-refractivity contribution in [2.75, 3.05) is 31.6 Å². The lowest BCUT2D eigenvalue weighted by Crippen LogP contribution is -2.55. The van der Waals surface area contributed by atoms with Gasteiger partial charge in [-0.05, 0) is 63.2 Å². The second kappa shape index (κ2) is 8.77. The van der Waals surface area contributed by atoms with Crippen LogP contribution in [-0.4, -0.2) is 49.6 Å². The molecule has 1 amide bonds. The summed E-state index contributed by atoms with van der Waals surface area (Å²) in [6.07, 6.45) is 0.810. The lowest BCUT2D eigenvalue weighted by molar-refractivity contribution is 0.0954. The molecular formula is C22H28ClN3O. The fourth-order valence-corrected chi connectivity index (χ4v) is 3.77. The molecule has 0 spiro atoms. The van der Waals surface area contributed by atoms with E-state index in [0.29, 0.717) is 29.2 Å². The Morgan fingerprint density at radius 3 is 2.37 bits per heavy atom. The van der Waals surface area contributed by atoms with Gasteiger partial charge in [-0.3, -0.25) is 9.69 Å². The van der Waals surface area contributed by atoms with Gasteiger partial charge >= 0.3 is 0 Å². The van der Waals surface area contributed by atoms with Crippen LogP contribution in [-0.2, 0) is 6.42 Å². The van der Waals surface area contributed by atoms with Crippen molar-refractivity contribution >= 4 is 23.2 Å². The molecule has 1 heterocycles. The first-order valence-corrected chi connectivity index (χ1v) is 9.92. The van der Waals surface area contributed by atoms with E-state index in [2.05, 4.69) is 60.3 Å². The molecule has 4 nitrogen and oxygen atoms in total. The van der Waals surface area contributed by atoms with Crippen molar-refractivity contribution in [3.63, 3.8) is 0 Å². The molecule has 1 aliphatic heterocycles. The highest BCUT2D eigenvalue weighted by Crippen LogP contribution is 2.25. The Bertz CT molecular complexity index is 765. The molecule has 2 unspecified atom stereocenters. The third kappa shape index (κ3) is 4.82. The fourth-order valence-electron chi connectivity index (χ4n) is 3.65. The lowest BCUT2D eigenvalue weighted by Gasteiger charge is -2.44. The number of likely N-dealkylation sites (N-methyl/N-ethyl adjacent to an activating group) is 1. The zero-order chi connectivity index (χ0) is 19.4. The molecule has 5 heteroatoms. The number of piperazine rings is 1. The van der Waals surface area contributed by atoms with Crippen molar-refractivity contribution in [3.8, 4) is 0 Å². The van der Waals surface area contributed by atoms with Crippen molar-refractivity contribution in [3.05, 3.63) is 64.7 Å². The Hall–Kier alpha value is -2.04. The van der Waals surface area contributed by atoms with Crippen LogP contribution in [0.4, 0.5) is 5.69 Å². The molecule has 0 aromatic heterocycles. The quantitative estimate of drug-likeness (QED) is 0.849. The van der Waals surface area contributed by atoms with Gasteiger partial charge in [-0.15, -0.1) is 0 Å². The molecule has 1 N–H and O–H groups in total. The van der Waals surface area contributed by atoms with Gasteiger partial charge in [-0.2, -0.15) is 0 Å². The van der Waals surface area contributed by atoms with Crippen molar-refractivity contribution in [2.45, 2.75) is 32.4 Å². The summed E-state index contributed by atoms with van der Waals surface area (Å²) < 4.78 is 0. The number of hydrogen-bond donors (Lipinski definition) is 1. The minimum absolute atomic E-state index is 0.0639. The first-order valence-electron chi connectivity index (χ1n) is 9.54. The summed E-state index contributed by atoms with van der Waals surface area (Å²) in [4.78, 5) is 17.2. The van der Waals surface area contributed by atoms with E-state index in [1.165, 1.54) is 11.3 Å². The minimum Gasteiger partial charge on any atom is -0.368 e. The van der Waals surface area contributed by atoms with Crippen molar-refractivity contribution in [1.29, 1.82) is 0 Å². The van der Waals surface area contributed by atoms with Crippen LogP contribution >= 0.6 is 11.6 Å². The van der Waals surface area contributed by atoms with Crippen molar-refractivity contribution in [2.24, 2.45) is 0 Å². The minimum atomic E-state index is -0.0639. The lowest BCUT2D eigenvalue weighted by atomic mass is 10.0. The SMILES string of the molecule is CC1CN(c2ccccc2CCNC(=O)c2ccc(Cl)cc2)CC(C)N1C. The predicted octanol–water partition coefficient (Wildman–Crippen LogP) is 3.84. The first kappa shape index (κ1) is 19.7. The number of para-hydroxylation sites is 1. The van der Waals surface area contributed by atoms with Crippen LogP contribution in [0.25, 0.3) is 0 Å². The highest BCUT2D eigenvalue weighted by Gasteiger charge is 2.27. The van der Waals surface area contributed by atoms with Gasteiger partial charge in [0.15, 0.2) is 0 Å². The Morgan fingerprint density at radius 1 is 1.07 bits per heavy atom. The van der Waals surface area contributed by atoms with E-state index in [-0.39, 0.29) is 5.91 Å². The summed E-state index contributed by atoms with van der Waals surface area (Å²) in [5, 5.41) is 3.65. The maximum Gasteiger partial charge on any atom is 0.251 e. The smallest absolute Gasteiger partial charge is 0.251 e. The molecule has 0 saturated carbocycles. The fraction of sp³-hybridized carbons (Fsp3) is 0.409. The van der Waals surface area contributed by atoms with E-state index >= 15 is 0 Å². The van der Waals surface area contributed by atoms with Crippen LogP contribution in [0.1, 0.15) is 29.8 Å². The van der Waals surface area contributed by atoms with Crippen molar-refractivity contribution < 1.29 is 4.79 Å². The number of carbonyl (C=O) groups is 1. The second-order valence-corrected chi connectivity index (χ2v) is 7.85. The molecular weight excluding hydrogens is 358 g/mol. The molecule has 1 saturated heterocycles. The molecule has 2 atom stereocenters. The van der Waals surface area contributed by atoms with E-state index in [1.807, 2.05) is 0 Å². The summed E-state index contributed by atoms with van der Waals surface area (Å²) >= 11 is 5.88. The van der Waals surface area contributed by atoms with Crippen LogP contribution in [0.2, 0.25) is 5.02 Å². The second-order valence-electron chi connectivity index (χ2n) is 7.41. The normalized spacial score (nSPS) is 20.5. The maximum atomic E-state index is 12.3. The van der Waals surface area contributed by atoms with E-state index in [9.17, 15) is 4.79 Å². The van der Waals surface area contributed by atoms with Gasteiger partial charge in [-0.25, -0.2) is 0 Å². The summed E-state index contributed by atoms with van der Waals surface area (Å²) in [6.45, 7) is 7.20. The molecule has 3 rings (SSSR count). The number of carbonyl (C=O) groups excluding carboxylic acids is 1. The number of anilines is 1. The molecule has 2 aromatic rings. The Morgan fingerprint density at radius 2 is 1.70 bits per heavy atom. The van der Waals surface area contributed by atoms with Gasteiger partial charge in [0.1, 0.15) is 0 Å². The van der Waals surface area contributed by atoms with E-state index < -0.39 is 0 Å². The summed E-state index contributed by atoms with van der Waals surface area (Å²) in [5.74, 6) is -0.0639. The molecule has 1 aliphatic rings. The molecule has 2 aromatic carbocycles. The average Bonchev–Trinajstić information content (AvgIpc) is 2.66. The highest BCUT2D eigenvalue weighted by atomic mass is 35.5. The number of halogens is 1. The van der Waals surface area contributed by atoms with Crippen molar-refractivity contribution in [1.82, 2.24) is 10.2 Å². The molecule has 0 aliphatic carbocycles. The number of rotatable bonds is 5. The largest absolute Gasteiger partial charge is 0.368 e. The van der Waals surface area contributed by atoms with Gasteiger partial charge < -0.3 is 10.2 Å². The maximum absolute atomic E-state index is 12.3. The Labute approximate surface area is 167 Å². The van der Waals surface area contributed by atoms with Crippen LogP contribution in [0.3, 0.4) is 0 Å². The average molecular weight is 386 g/mol. The topological polar surface area (TPSA) is 35.6 Å². The van der Waals surface area contributed by atoms with E-state index in [1.54, 1.807) is 24.3 Å². The molecule has 0 bridgehead atoms. The van der Waals surface area contributed by atoms with Gasteiger partial charge in [-0.1, -0.05) is 29.8 Å². The number of nitrogens with one attached hydrogen (secondary N) is 1. The summed E-state index contributed by atoms with van der Waals surface area (Å²) in [7, 11) is 2.20. The van der Waals surface area contributed by atoms with E-state index in [0.717, 1.165) is 19.5 Å². The first-order chi connectivity index (χ1) is 13.0. The number of nitrogens with zero attached hydrogens (tertiary/aromatic N) is 2. The van der Waals surface area contributed by atoms with Gasteiger partial charge in [0.05, 0.1) is 0 Å². The highest BCUT2D eigenvalue weighted by molar-refractivity contribution is 6.30. The monoisotopic (exact) mass is 385 g/mol. The van der Waals surface area contributed by atoms with Crippen LogP contribution in [0, 0.1) is 0 Å². The third-order valence-corrected chi connectivity index (χ3v) is 5.73.